The van der Waals surface area contributed by atoms with Crippen LogP contribution in [0.3, 0.4) is 0 Å². The molecule has 0 saturated carbocycles. The third kappa shape index (κ3) is 4.24. The van der Waals surface area contributed by atoms with Gasteiger partial charge in [0.2, 0.25) is 5.95 Å². The minimum Gasteiger partial charge on any atom is -0.356 e. The minimum absolute atomic E-state index is 0.279. The van der Waals surface area contributed by atoms with E-state index in [1.165, 1.54) is 6.20 Å². The second-order valence-corrected chi connectivity index (χ2v) is 6.07. The molecule has 0 unspecified atom stereocenters. The van der Waals surface area contributed by atoms with Crippen LogP contribution in [0.25, 0.3) is 0 Å². The van der Waals surface area contributed by atoms with Crippen LogP contribution in [0.1, 0.15) is 25.5 Å². The lowest BCUT2D eigenvalue weighted by Crippen LogP contribution is -2.11. The van der Waals surface area contributed by atoms with Crippen molar-refractivity contribution in [2.75, 3.05) is 10.6 Å². The zero-order valence-electron chi connectivity index (χ0n) is 13.9. The van der Waals surface area contributed by atoms with Crippen molar-refractivity contribution >= 4 is 29.1 Å². The van der Waals surface area contributed by atoms with Gasteiger partial charge < -0.3 is 10.6 Å². The molecule has 0 aliphatic heterocycles. The highest BCUT2D eigenvalue weighted by Crippen LogP contribution is 2.25. The molecule has 3 rings (SSSR count). The first-order chi connectivity index (χ1) is 12.0. The summed E-state index contributed by atoms with van der Waals surface area (Å²) in [7, 11) is 0. The van der Waals surface area contributed by atoms with Crippen LogP contribution >= 0.6 is 11.6 Å². The van der Waals surface area contributed by atoms with Gasteiger partial charge in [-0.15, -0.1) is 0 Å². The maximum Gasteiger partial charge on any atom is 0.229 e. The maximum absolute atomic E-state index is 6.19. The first-order valence-electron chi connectivity index (χ1n) is 7.73. The predicted molar refractivity (Wildman–Crippen MR) is 98.5 cm³/mol. The van der Waals surface area contributed by atoms with E-state index in [0.717, 1.165) is 11.3 Å². The fourth-order valence-electron chi connectivity index (χ4n) is 2.09. The van der Waals surface area contributed by atoms with Crippen LogP contribution in [-0.2, 0) is 0 Å². The largest absolute Gasteiger partial charge is 0.356 e. The Morgan fingerprint density at radius 3 is 2.80 bits per heavy atom. The van der Waals surface area contributed by atoms with Crippen molar-refractivity contribution in [3.05, 3.63) is 66.7 Å². The van der Waals surface area contributed by atoms with Crippen molar-refractivity contribution in [1.29, 1.82) is 0 Å². The lowest BCUT2D eigenvalue weighted by atomic mass is 10.1. The fourth-order valence-corrected chi connectivity index (χ4v) is 2.22. The highest BCUT2D eigenvalue weighted by atomic mass is 35.5. The molecular weight excluding hydrogens is 338 g/mol. The summed E-state index contributed by atoms with van der Waals surface area (Å²) >= 11 is 6.19. The van der Waals surface area contributed by atoms with Crippen LogP contribution in [-0.4, -0.2) is 24.7 Å². The van der Waals surface area contributed by atoms with Crippen molar-refractivity contribution in [3.63, 3.8) is 0 Å². The van der Waals surface area contributed by atoms with E-state index in [-0.39, 0.29) is 6.04 Å². The number of hydrogen-bond donors (Lipinski definition) is 2. The molecule has 128 valence electrons. The van der Waals surface area contributed by atoms with Gasteiger partial charge in [0.15, 0.2) is 5.82 Å². The van der Waals surface area contributed by atoms with E-state index in [9.17, 15) is 0 Å². The Balaban J connectivity index is 1.75. The number of nitrogens with zero attached hydrogens (tertiary/aromatic N) is 5. The van der Waals surface area contributed by atoms with E-state index in [2.05, 4.69) is 51.5 Å². The van der Waals surface area contributed by atoms with Crippen molar-refractivity contribution < 1.29 is 0 Å². The molecule has 0 bridgehead atoms. The number of hydrogen-bond acceptors (Lipinski definition) is 6. The SMILES string of the molecule is [CH2][C](Nc1nc(Nc2cnn(C(C)C)c2)ncc1Cl)c1cccnc1. The molecule has 25 heavy (non-hydrogen) atoms. The van der Waals surface area contributed by atoms with Crippen molar-refractivity contribution in [2.24, 2.45) is 0 Å². The number of aromatic nitrogens is 5. The van der Waals surface area contributed by atoms with Crippen LogP contribution in [0, 0.1) is 13.0 Å². The molecule has 2 N–H and O–H groups in total. The molecule has 0 aliphatic carbocycles. The van der Waals surface area contributed by atoms with Crippen LogP contribution in [0.5, 0.6) is 0 Å². The molecule has 0 spiro atoms. The van der Waals surface area contributed by atoms with Crippen LogP contribution < -0.4 is 10.6 Å². The van der Waals surface area contributed by atoms with Gasteiger partial charge in [-0.2, -0.15) is 10.1 Å². The first-order valence-corrected chi connectivity index (χ1v) is 8.11. The Bertz CT molecular complexity index is 832. The molecule has 3 heterocycles. The summed E-state index contributed by atoms with van der Waals surface area (Å²) in [4.78, 5) is 12.7. The Labute approximate surface area is 151 Å². The van der Waals surface area contributed by atoms with Crippen molar-refractivity contribution in [1.82, 2.24) is 24.7 Å². The molecule has 0 aromatic carbocycles. The zero-order chi connectivity index (χ0) is 17.8. The third-order valence-corrected chi connectivity index (χ3v) is 3.69. The molecule has 0 amide bonds. The van der Waals surface area contributed by atoms with Crippen LogP contribution in [0.2, 0.25) is 5.02 Å². The summed E-state index contributed by atoms with van der Waals surface area (Å²) in [6.45, 7) is 8.11. The maximum atomic E-state index is 6.19. The molecule has 2 radical (unpaired) electrons. The Hall–Kier alpha value is -2.67. The molecule has 0 fully saturated rings. The zero-order valence-corrected chi connectivity index (χ0v) is 14.7. The van der Waals surface area contributed by atoms with E-state index in [0.29, 0.717) is 22.8 Å². The Morgan fingerprint density at radius 2 is 2.12 bits per heavy atom. The minimum atomic E-state index is 0.279. The van der Waals surface area contributed by atoms with E-state index in [1.807, 2.05) is 23.0 Å². The lowest BCUT2D eigenvalue weighted by molar-refractivity contribution is 0.532. The highest BCUT2D eigenvalue weighted by Gasteiger charge is 2.12. The quantitative estimate of drug-likeness (QED) is 0.698. The third-order valence-electron chi connectivity index (χ3n) is 3.41. The molecule has 3 aromatic heterocycles. The first kappa shape index (κ1) is 17.2. The number of anilines is 3. The summed E-state index contributed by atoms with van der Waals surface area (Å²) in [5.74, 6) is 0.874. The van der Waals surface area contributed by atoms with E-state index in [4.69, 9.17) is 11.6 Å². The van der Waals surface area contributed by atoms with Gasteiger partial charge >= 0.3 is 0 Å². The topological polar surface area (TPSA) is 80.5 Å². The van der Waals surface area contributed by atoms with Gasteiger partial charge in [-0.1, -0.05) is 17.7 Å². The molecular formula is C17H18ClN7. The smallest absolute Gasteiger partial charge is 0.229 e. The van der Waals surface area contributed by atoms with Crippen molar-refractivity contribution in [2.45, 2.75) is 19.9 Å². The standard InChI is InChI=1S/C17H18ClN7/c1-11(2)25-10-14(8-21-25)23-17-20-9-15(18)16(24-17)22-12(3)13-5-4-6-19-7-13/h4-11H,3H2,1-2H3,(H2,20,22,23,24). The number of nitrogens with one attached hydrogen (secondary N) is 2. The molecule has 3 aromatic rings. The highest BCUT2D eigenvalue weighted by molar-refractivity contribution is 6.32. The average Bonchev–Trinajstić information content (AvgIpc) is 3.07. The number of halogens is 1. The van der Waals surface area contributed by atoms with Crippen LogP contribution in [0.15, 0.2) is 43.1 Å². The average molecular weight is 356 g/mol. The fraction of sp³-hybridized carbons (Fsp3) is 0.176. The molecule has 8 heteroatoms. The van der Waals surface area contributed by atoms with E-state index >= 15 is 0 Å². The van der Waals surface area contributed by atoms with Gasteiger partial charge in [0.1, 0.15) is 5.02 Å². The van der Waals surface area contributed by atoms with Gasteiger partial charge in [0.25, 0.3) is 0 Å². The Morgan fingerprint density at radius 1 is 1.28 bits per heavy atom. The number of rotatable bonds is 6. The van der Waals surface area contributed by atoms with Gasteiger partial charge in [0.05, 0.1) is 24.1 Å². The second-order valence-electron chi connectivity index (χ2n) is 5.66. The normalized spacial score (nSPS) is 11.1. The summed E-state index contributed by atoms with van der Waals surface area (Å²) in [6.07, 6.45) is 8.56. The van der Waals surface area contributed by atoms with Gasteiger partial charge in [0, 0.05) is 24.6 Å². The van der Waals surface area contributed by atoms with Gasteiger partial charge in [-0.3, -0.25) is 9.67 Å². The van der Waals surface area contributed by atoms with Crippen molar-refractivity contribution in [3.8, 4) is 0 Å². The summed E-state index contributed by atoms with van der Waals surface area (Å²) < 4.78 is 1.85. The predicted octanol–water partition coefficient (Wildman–Crippen LogP) is 3.87. The molecule has 0 atom stereocenters. The summed E-state index contributed by atoms with van der Waals surface area (Å²) in [5.41, 5.74) is 1.65. The van der Waals surface area contributed by atoms with E-state index < -0.39 is 0 Å². The molecule has 0 aliphatic rings. The van der Waals surface area contributed by atoms with Crippen LogP contribution in [0.4, 0.5) is 17.5 Å². The van der Waals surface area contributed by atoms with E-state index in [1.54, 1.807) is 18.6 Å². The number of pyridine rings is 1. The lowest BCUT2D eigenvalue weighted by Gasteiger charge is -2.15. The summed E-state index contributed by atoms with van der Waals surface area (Å²) in [6, 6.07) is 4.66. The second kappa shape index (κ2) is 7.48. The molecule has 0 saturated heterocycles. The monoisotopic (exact) mass is 355 g/mol. The molecule has 7 nitrogen and oxygen atoms in total. The summed E-state index contributed by atoms with van der Waals surface area (Å²) in [5, 5.41) is 10.9. The van der Waals surface area contributed by atoms with Gasteiger partial charge in [-0.25, -0.2) is 4.98 Å². The van der Waals surface area contributed by atoms with Gasteiger partial charge in [-0.05, 0) is 32.4 Å². The Kier molecular flexibility index (Phi) is 5.14.